The Morgan fingerprint density at radius 1 is 1.03 bits per heavy atom. The van der Waals surface area contributed by atoms with Crippen LogP contribution in [0, 0.1) is 11.3 Å². The van der Waals surface area contributed by atoms with Crippen LogP contribution < -0.4 is 30.1 Å². The SMILES string of the molecule is COc1ccc2c(O[C@@H]3CC(C(=O)N[C@]45CC4C=CCCCCS(=O)(=O)NC5=O)N(C(=O)[C@@H](NC(=O)OC4CCCC4)C(C)(C)C)C3)cc(-c3csc(NC(C)C)n3)nc2c1. The van der Waals surface area contributed by atoms with Crippen molar-refractivity contribution in [2.75, 3.05) is 24.7 Å². The van der Waals surface area contributed by atoms with Gasteiger partial charge in [-0.25, -0.2) is 23.2 Å². The number of nitrogens with one attached hydrogen (secondary N) is 4. The number of hydrogen-bond acceptors (Lipinski definition) is 13. The number of carbonyl (C=O) groups is 4. The van der Waals surface area contributed by atoms with Crippen LogP contribution in [0.1, 0.15) is 92.4 Å². The summed E-state index contributed by atoms with van der Waals surface area (Å²) in [6.07, 6.45) is 7.34. The molecule has 0 radical (unpaired) electrons. The number of sulfonamides is 1. The molecule has 5 atom stereocenters. The van der Waals surface area contributed by atoms with E-state index in [0.29, 0.717) is 53.1 Å². The van der Waals surface area contributed by atoms with E-state index in [1.807, 2.05) is 58.2 Å². The van der Waals surface area contributed by atoms with Crippen molar-refractivity contribution in [3.05, 3.63) is 41.8 Å². The summed E-state index contributed by atoms with van der Waals surface area (Å²) in [5, 5.41) is 12.3. The number of amides is 4. The maximum absolute atomic E-state index is 14.8. The molecule has 3 aromatic rings. The number of ether oxygens (including phenoxy) is 3. The zero-order chi connectivity index (χ0) is 43.7. The minimum absolute atomic E-state index is 0.0198. The largest absolute Gasteiger partial charge is 0.497 e. The van der Waals surface area contributed by atoms with Gasteiger partial charge in [0.05, 0.1) is 30.6 Å². The summed E-state index contributed by atoms with van der Waals surface area (Å²) < 4.78 is 45.9. The second kappa shape index (κ2) is 17.8. The Kier molecular flexibility index (Phi) is 12.9. The van der Waals surface area contributed by atoms with Crippen molar-refractivity contribution < 1.29 is 41.8 Å². The van der Waals surface area contributed by atoms with Crippen LogP contribution in [0.2, 0.25) is 0 Å². The summed E-state index contributed by atoms with van der Waals surface area (Å²) in [6, 6.07) is 5.12. The highest BCUT2D eigenvalue weighted by molar-refractivity contribution is 7.90. The predicted octanol–water partition coefficient (Wildman–Crippen LogP) is 5.68. The first-order valence-electron chi connectivity index (χ1n) is 21.1. The van der Waals surface area contributed by atoms with Gasteiger partial charge in [-0.3, -0.25) is 19.1 Å². The Labute approximate surface area is 361 Å². The predicted molar refractivity (Wildman–Crippen MR) is 232 cm³/mol. The number of thiazole rings is 1. The molecule has 16 nitrogen and oxygen atoms in total. The van der Waals surface area contributed by atoms with Gasteiger partial charge < -0.3 is 35.1 Å². The third kappa shape index (κ3) is 10.2. The van der Waals surface area contributed by atoms with Crippen LogP contribution in [0.4, 0.5) is 9.93 Å². The number of carbonyl (C=O) groups excluding carboxylic acids is 4. The Morgan fingerprint density at radius 3 is 2.52 bits per heavy atom. The van der Waals surface area contributed by atoms with Crippen molar-refractivity contribution in [2.24, 2.45) is 11.3 Å². The number of alkyl carbamates (subject to hydrolysis) is 1. The standard InChI is InChI=1S/C43H57N7O9S2/c1-25(2)44-40-46-33(24-60-40)32-21-35(30-17-16-28(57-6)19-31(30)45-32)58-29-20-34(37(51)48-43-22-26(43)13-9-7-8-12-18-61(55,56)49-39(43)53)50(23-29)38(52)36(42(3,4)5)47-41(54)59-27-14-10-11-15-27/h9,13,16-17,19,21,24-27,29,34,36H,7-8,10-12,14-15,18,20,22-23H2,1-6H3,(H,44,46)(H,47,54)(H,48,51)(H,49,53)/t26?,29-,34?,36-,43-/m1/s1. The zero-order valence-corrected chi connectivity index (χ0v) is 37.2. The number of benzene rings is 1. The van der Waals surface area contributed by atoms with Crippen molar-refractivity contribution in [1.29, 1.82) is 0 Å². The number of allylic oxidation sites excluding steroid dienone is 1. The molecule has 2 aliphatic carbocycles. The van der Waals surface area contributed by atoms with E-state index in [-0.39, 0.29) is 37.3 Å². The molecule has 330 valence electrons. The summed E-state index contributed by atoms with van der Waals surface area (Å²) >= 11 is 1.45. The Bertz CT molecular complexity index is 2290. The van der Waals surface area contributed by atoms with Crippen LogP contribution >= 0.6 is 11.3 Å². The van der Waals surface area contributed by atoms with Gasteiger partial charge in [0.2, 0.25) is 21.8 Å². The fourth-order valence-corrected chi connectivity index (χ4v) is 10.3. The van der Waals surface area contributed by atoms with Gasteiger partial charge in [0.15, 0.2) is 5.13 Å². The van der Waals surface area contributed by atoms with Crippen LogP contribution in [0.15, 0.2) is 41.8 Å². The van der Waals surface area contributed by atoms with E-state index in [1.54, 1.807) is 25.3 Å². The maximum Gasteiger partial charge on any atom is 0.408 e. The van der Waals surface area contributed by atoms with Crippen LogP contribution in [-0.2, 0) is 29.1 Å². The third-order valence-corrected chi connectivity index (χ3v) is 13.8. The monoisotopic (exact) mass is 879 g/mol. The molecule has 4 amide bonds. The average molecular weight is 880 g/mol. The summed E-state index contributed by atoms with van der Waals surface area (Å²) in [4.78, 5) is 67.6. The highest BCUT2D eigenvalue weighted by Gasteiger charge is 2.61. The van der Waals surface area contributed by atoms with Gasteiger partial charge in [0.1, 0.15) is 47.0 Å². The lowest BCUT2D eigenvalue weighted by molar-refractivity contribution is -0.143. The van der Waals surface area contributed by atoms with Crippen molar-refractivity contribution in [3.8, 4) is 22.9 Å². The van der Waals surface area contributed by atoms with E-state index in [0.717, 1.165) is 30.8 Å². The van der Waals surface area contributed by atoms with Crippen LogP contribution in [-0.4, -0.2) is 102 Å². The number of aromatic nitrogens is 2. The summed E-state index contributed by atoms with van der Waals surface area (Å²) in [6.45, 7) is 9.46. The van der Waals surface area contributed by atoms with Crippen LogP contribution in [0.25, 0.3) is 22.3 Å². The molecular weight excluding hydrogens is 823 g/mol. The van der Waals surface area contributed by atoms with Crippen molar-refractivity contribution >= 4 is 61.2 Å². The van der Waals surface area contributed by atoms with Gasteiger partial charge in [-0.15, -0.1) is 11.3 Å². The third-order valence-electron chi connectivity index (χ3n) is 11.7. The molecule has 4 heterocycles. The minimum atomic E-state index is -3.95. The lowest BCUT2D eigenvalue weighted by Gasteiger charge is -2.35. The first-order chi connectivity index (χ1) is 28.9. The molecule has 2 aliphatic heterocycles. The first kappa shape index (κ1) is 44.1. The van der Waals surface area contributed by atoms with Gasteiger partial charge >= 0.3 is 6.09 Å². The van der Waals surface area contributed by atoms with Crippen molar-refractivity contribution in [2.45, 2.75) is 128 Å². The molecule has 0 bridgehead atoms. The van der Waals surface area contributed by atoms with E-state index < -0.39 is 68.9 Å². The molecule has 2 saturated carbocycles. The van der Waals surface area contributed by atoms with E-state index >= 15 is 0 Å². The number of likely N-dealkylation sites (tertiary alicyclic amines) is 1. The molecule has 18 heteroatoms. The Morgan fingerprint density at radius 2 is 1.80 bits per heavy atom. The van der Waals surface area contributed by atoms with E-state index in [2.05, 4.69) is 20.7 Å². The molecule has 3 fully saturated rings. The molecule has 2 aromatic heterocycles. The maximum atomic E-state index is 14.8. The van der Waals surface area contributed by atoms with Crippen LogP contribution in [0.3, 0.4) is 0 Å². The smallest absolute Gasteiger partial charge is 0.408 e. The van der Waals surface area contributed by atoms with E-state index in [1.165, 1.54) is 16.2 Å². The number of rotatable bonds is 11. The van der Waals surface area contributed by atoms with Crippen molar-refractivity contribution in [3.63, 3.8) is 0 Å². The first-order valence-corrected chi connectivity index (χ1v) is 23.7. The molecule has 61 heavy (non-hydrogen) atoms. The van der Waals surface area contributed by atoms with E-state index in [4.69, 9.17) is 24.2 Å². The molecule has 4 N–H and O–H groups in total. The minimum Gasteiger partial charge on any atom is -0.497 e. The molecule has 1 aromatic carbocycles. The highest BCUT2D eigenvalue weighted by Crippen LogP contribution is 2.46. The molecule has 4 aliphatic rings. The second-order valence-corrected chi connectivity index (χ2v) is 20.6. The lowest BCUT2D eigenvalue weighted by atomic mass is 9.85. The normalized spacial score (nSPS) is 24.6. The van der Waals surface area contributed by atoms with Gasteiger partial charge in [0, 0.05) is 41.3 Å². The van der Waals surface area contributed by atoms with Gasteiger partial charge in [-0.1, -0.05) is 32.9 Å². The van der Waals surface area contributed by atoms with Crippen molar-refractivity contribution in [1.82, 2.24) is 30.2 Å². The quantitative estimate of drug-likeness (QED) is 0.172. The topological polar surface area (TPSA) is 207 Å². The second-order valence-electron chi connectivity index (χ2n) is 17.9. The lowest BCUT2D eigenvalue weighted by Crippen LogP contribution is -2.60. The molecule has 7 rings (SSSR count). The Balaban J connectivity index is 1.22. The number of fused-ring (bicyclic) bond motifs is 2. The molecule has 2 unspecified atom stereocenters. The van der Waals surface area contributed by atoms with Gasteiger partial charge in [-0.2, -0.15) is 0 Å². The number of pyridine rings is 1. The van der Waals surface area contributed by atoms with Gasteiger partial charge in [0.25, 0.3) is 5.91 Å². The van der Waals surface area contributed by atoms with Crippen LogP contribution in [0.5, 0.6) is 11.5 Å². The fourth-order valence-electron chi connectivity index (χ4n) is 8.30. The fraction of sp³-hybridized carbons (Fsp3) is 0.581. The number of methoxy groups -OCH3 is 1. The van der Waals surface area contributed by atoms with Gasteiger partial charge in [-0.05, 0) is 82.8 Å². The zero-order valence-electron chi connectivity index (χ0n) is 35.6. The summed E-state index contributed by atoms with van der Waals surface area (Å²) in [5.41, 5.74) is -0.595. The number of nitrogens with zero attached hydrogens (tertiary/aromatic N) is 3. The highest BCUT2D eigenvalue weighted by atomic mass is 32.2. The molecule has 0 spiro atoms. The Hall–Kier alpha value is -4.97. The molecular formula is C43H57N7O9S2. The number of anilines is 1. The molecule has 1 saturated heterocycles. The summed E-state index contributed by atoms with van der Waals surface area (Å²) in [7, 11) is -2.38. The summed E-state index contributed by atoms with van der Waals surface area (Å²) in [5.74, 6) is -1.62. The van der Waals surface area contributed by atoms with E-state index in [9.17, 15) is 27.6 Å². The average Bonchev–Trinajstić information content (AvgIpc) is 3.62. The number of hydrogen-bond donors (Lipinski definition) is 4.